The van der Waals surface area contributed by atoms with Crippen LogP contribution in [0.15, 0.2) is 20.0 Å². The van der Waals surface area contributed by atoms with Crippen molar-refractivity contribution in [3.05, 3.63) is 0 Å². The number of aliphatic imine (C=N–C) groups is 4. The first kappa shape index (κ1) is 29.1. The summed E-state index contributed by atoms with van der Waals surface area (Å²) < 4.78 is 5.54. The molecule has 0 bridgehead atoms. The zero-order chi connectivity index (χ0) is 28.4. The molecule has 0 radical (unpaired) electrons. The van der Waals surface area contributed by atoms with Gasteiger partial charge >= 0.3 is 6.09 Å². The molecule has 4 heterocycles. The maximum Gasteiger partial charge on any atom is 0.410 e. The number of carbonyl (C=O) groups is 1. The van der Waals surface area contributed by atoms with Crippen molar-refractivity contribution in [2.45, 2.75) is 88.1 Å². The minimum absolute atomic E-state index is 0.0509. The van der Waals surface area contributed by atoms with Crippen molar-refractivity contribution in [3.8, 4) is 0 Å². The van der Waals surface area contributed by atoms with Crippen molar-refractivity contribution in [1.29, 1.82) is 0 Å². The molecule has 7 unspecified atom stereocenters. The number of nitrogens with one attached hydrogen (secondary N) is 2. The molecule has 2 saturated heterocycles. The normalized spacial score (nSPS) is 35.5. The molecule has 1 amide bonds. The van der Waals surface area contributed by atoms with Crippen LogP contribution in [0.3, 0.4) is 0 Å². The van der Waals surface area contributed by atoms with E-state index >= 15 is 0 Å². The highest BCUT2D eigenvalue weighted by Crippen LogP contribution is 2.34. The SMILES string of the molecule is CN(C)C1=NC=NC(C2CCC3NC(=NC4CC(CN5CCN(C(=O)OC(C)(C)C)CC5)CC=N4)NC3C2)C1Cl. The fraction of sp³-hybridized carbons (Fsp3) is 0.821. The summed E-state index contributed by atoms with van der Waals surface area (Å²) in [6.45, 7) is 9.88. The van der Waals surface area contributed by atoms with E-state index < -0.39 is 5.60 Å². The van der Waals surface area contributed by atoms with Crippen molar-refractivity contribution < 1.29 is 9.53 Å². The summed E-state index contributed by atoms with van der Waals surface area (Å²) >= 11 is 6.82. The molecule has 11 nitrogen and oxygen atoms in total. The number of hydrogen-bond donors (Lipinski definition) is 2. The van der Waals surface area contributed by atoms with Gasteiger partial charge in [0.2, 0.25) is 0 Å². The third-order valence-corrected chi connectivity index (χ3v) is 8.98. The van der Waals surface area contributed by atoms with Gasteiger partial charge in [0.15, 0.2) is 5.96 Å². The summed E-state index contributed by atoms with van der Waals surface area (Å²) in [6.07, 6.45) is 8.51. The highest BCUT2D eigenvalue weighted by atomic mass is 35.5. The minimum Gasteiger partial charge on any atom is -0.444 e. The second-order valence-electron chi connectivity index (χ2n) is 13.0. The molecular formula is C28H46ClN9O2. The molecule has 3 fully saturated rings. The molecule has 12 heteroatoms. The Labute approximate surface area is 243 Å². The summed E-state index contributed by atoms with van der Waals surface area (Å²) in [7, 11) is 3.97. The zero-order valence-electron chi connectivity index (χ0n) is 24.6. The lowest BCUT2D eigenvalue weighted by Gasteiger charge is -2.37. The molecule has 7 atom stereocenters. The average molecular weight is 576 g/mol. The number of amides is 1. The Morgan fingerprint density at radius 1 is 1.12 bits per heavy atom. The Morgan fingerprint density at radius 2 is 1.88 bits per heavy atom. The molecule has 0 aromatic carbocycles. The summed E-state index contributed by atoms with van der Waals surface area (Å²) in [5, 5.41) is 7.09. The molecular weight excluding hydrogens is 530 g/mol. The van der Waals surface area contributed by atoms with Crippen molar-refractivity contribution in [1.82, 2.24) is 25.3 Å². The van der Waals surface area contributed by atoms with E-state index in [4.69, 9.17) is 26.3 Å². The van der Waals surface area contributed by atoms with Gasteiger partial charge in [0, 0.05) is 65.1 Å². The Morgan fingerprint density at radius 3 is 2.60 bits per heavy atom. The first-order valence-electron chi connectivity index (χ1n) is 14.8. The number of carbonyl (C=O) groups excluding carboxylic acids is 1. The van der Waals surface area contributed by atoms with Gasteiger partial charge in [-0.1, -0.05) is 0 Å². The van der Waals surface area contributed by atoms with E-state index in [1.165, 1.54) is 0 Å². The van der Waals surface area contributed by atoms with Crippen molar-refractivity contribution in [2.75, 3.05) is 46.8 Å². The first-order valence-corrected chi connectivity index (χ1v) is 15.2. The predicted octanol–water partition coefficient (Wildman–Crippen LogP) is 2.41. The summed E-state index contributed by atoms with van der Waals surface area (Å²) in [4.78, 5) is 37.4. The van der Waals surface area contributed by atoms with Crippen LogP contribution in [0.1, 0.15) is 52.9 Å². The molecule has 5 aliphatic rings. The van der Waals surface area contributed by atoms with E-state index in [0.29, 0.717) is 37.0 Å². The smallest absolute Gasteiger partial charge is 0.410 e. The number of guanidine groups is 1. The van der Waals surface area contributed by atoms with Gasteiger partial charge in [-0.15, -0.1) is 11.6 Å². The highest BCUT2D eigenvalue weighted by Gasteiger charge is 2.42. The van der Waals surface area contributed by atoms with E-state index in [0.717, 1.165) is 63.5 Å². The van der Waals surface area contributed by atoms with Crippen LogP contribution in [0.2, 0.25) is 0 Å². The fourth-order valence-corrected chi connectivity index (χ4v) is 7.00. The number of alkyl halides is 1. The van der Waals surface area contributed by atoms with Gasteiger partial charge in [-0.25, -0.2) is 14.8 Å². The van der Waals surface area contributed by atoms with Crippen molar-refractivity contribution in [2.24, 2.45) is 31.8 Å². The largest absolute Gasteiger partial charge is 0.444 e. The van der Waals surface area contributed by atoms with E-state index in [2.05, 4.69) is 25.5 Å². The maximum atomic E-state index is 12.4. The van der Waals surface area contributed by atoms with Gasteiger partial charge in [0.25, 0.3) is 0 Å². The lowest BCUT2D eigenvalue weighted by atomic mass is 9.78. The number of nitrogens with zero attached hydrogens (tertiary/aromatic N) is 7. The number of ether oxygens (including phenoxy) is 1. The van der Waals surface area contributed by atoms with E-state index in [1.807, 2.05) is 50.9 Å². The number of amidine groups is 1. The molecule has 5 rings (SSSR count). The van der Waals surface area contributed by atoms with Crippen LogP contribution >= 0.6 is 11.6 Å². The molecule has 40 heavy (non-hydrogen) atoms. The lowest BCUT2D eigenvalue weighted by Crippen LogP contribution is -2.51. The number of rotatable bonds is 4. The Bertz CT molecular complexity index is 1030. The molecule has 0 aromatic heterocycles. The third-order valence-electron chi connectivity index (χ3n) is 8.53. The van der Waals surface area contributed by atoms with Gasteiger partial charge in [-0.3, -0.25) is 14.9 Å². The number of hydrogen-bond acceptors (Lipinski definition) is 8. The zero-order valence-corrected chi connectivity index (χ0v) is 25.3. The molecule has 4 aliphatic heterocycles. The molecule has 0 aromatic rings. The second kappa shape index (κ2) is 12.2. The van der Waals surface area contributed by atoms with Crippen molar-refractivity contribution >= 4 is 42.0 Å². The summed E-state index contributed by atoms with van der Waals surface area (Å²) in [5.41, 5.74) is -0.461. The quantitative estimate of drug-likeness (QED) is 0.498. The highest BCUT2D eigenvalue weighted by molar-refractivity contribution is 6.33. The van der Waals surface area contributed by atoms with Gasteiger partial charge in [0.1, 0.15) is 29.3 Å². The van der Waals surface area contributed by atoms with Crippen molar-refractivity contribution in [3.63, 3.8) is 0 Å². The van der Waals surface area contributed by atoms with Gasteiger partial charge in [-0.2, -0.15) is 0 Å². The van der Waals surface area contributed by atoms with E-state index in [1.54, 1.807) is 6.34 Å². The van der Waals surface area contributed by atoms with Crippen LogP contribution in [0.25, 0.3) is 0 Å². The average Bonchev–Trinajstić information content (AvgIpc) is 3.29. The monoisotopic (exact) mass is 575 g/mol. The van der Waals surface area contributed by atoms with E-state index in [9.17, 15) is 4.79 Å². The topological polar surface area (TPSA) is 110 Å². The third kappa shape index (κ3) is 7.08. The standard InChI is InChI=1S/C28H46ClN9O2/c1-28(2,3)40-27(39)38-12-10-37(11-13-38)16-18-8-9-30-22(14-18)35-26-33-20-7-6-19(15-21(20)34-26)24-23(29)25(36(4)5)32-17-31-24/h9,17-24H,6-8,10-16H2,1-5H3,(H2,33,34,35). The van der Waals surface area contributed by atoms with Gasteiger partial charge < -0.3 is 25.2 Å². The Hall–Kier alpha value is -2.40. The molecule has 1 saturated carbocycles. The number of piperazine rings is 1. The molecule has 222 valence electrons. The molecule has 2 N–H and O–H groups in total. The minimum atomic E-state index is -0.461. The summed E-state index contributed by atoms with van der Waals surface area (Å²) in [6, 6.07) is 0.751. The van der Waals surface area contributed by atoms with Crippen LogP contribution in [0.5, 0.6) is 0 Å². The van der Waals surface area contributed by atoms with Crippen LogP contribution in [0, 0.1) is 11.8 Å². The van der Waals surface area contributed by atoms with Gasteiger partial charge in [-0.05, 0) is 64.7 Å². The molecule has 1 aliphatic carbocycles. The summed E-state index contributed by atoms with van der Waals surface area (Å²) in [5.74, 6) is 2.67. The predicted molar refractivity (Wildman–Crippen MR) is 161 cm³/mol. The van der Waals surface area contributed by atoms with Crippen LogP contribution in [0.4, 0.5) is 4.79 Å². The van der Waals surface area contributed by atoms with Gasteiger partial charge in [0.05, 0.1) is 6.04 Å². The first-order chi connectivity index (χ1) is 19.1. The maximum absolute atomic E-state index is 12.4. The Balaban J connectivity index is 1.09. The van der Waals surface area contributed by atoms with Crippen LogP contribution in [-0.4, -0.2) is 127 Å². The Kier molecular flexibility index (Phi) is 8.89. The van der Waals surface area contributed by atoms with E-state index in [-0.39, 0.29) is 23.7 Å². The fourth-order valence-electron chi connectivity index (χ4n) is 6.48. The second-order valence-corrected chi connectivity index (χ2v) is 13.5. The number of fused-ring (bicyclic) bond motifs is 1. The number of halogens is 1. The van der Waals surface area contributed by atoms with Crippen LogP contribution < -0.4 is 10.6 Å². The lowest BCUT2D eigenvalue weighted by molar-refractivity contribution is 0.0132. The molecule has 0 spiro atoms. The van der Waals surface area contributed by atoms with Crippen LogP contribution in [-0.2, 0) is 4.74 Å².